The third kappa shape index (κ3) is 5.46. The summed E-state index contributed by atoms with van der Waals surface area (Å²) in [4.78, 5) is 54.7. The fraction of sp³-hybridized carbons (Fsp3) is 0.222. The van der Waals surface area contributed by atoms with E-state index in [0.29, 0.717) is 26.6 Å². The van der Waals surface area contributed by atoms with Crippen LogP contribution in [0.2, 0.25) is 5.02 Å². The Bertz CT molecular complexity index is 1670. The molecule has 1 aliphatic rings. The monoisotopic (exact) mass is 554 g/mol. The molecule has 0 aliphatic carbocycles. The number of esters is 3. The second kappa shape index (κ2) is 11.2. The fourth-order valence-corrected chi connectivity index (χ4v) is 5.31. The molecule has 9 nitrogen and oxygen atoms in total. The first-order valence-corrected chi connectivity index (χ1v) is 12.7. The van der Waals surface area contributed by atoms with Crippen LogP contribution in [0.5, 0.6) is 11.5 Å². The molecule has 2 aromatic carbocycles. The molecule has 11 heteroatoms. The molecule has 3 aromatic rings. The Labute approximate surface area is 226 Å². The van der Waals surface area contributed by atoms with Gasteiger partial charge in [-0.25, -0.2) is 9.79 Å². The summed E-state index contributed by atoms with van der Waals surface area (Å²) in [6, 6.07) is 10.6. The summed E-state index contributed by atoms with van der Waals surface area (Å²) in [6.45, 7) is 6.01. The number of hydrogen-bond donors (Lipinski definition) is 0. The van der Waals surface area contributed by atoms with Gasteiger partial charge in [0, 0.05) is 30.5 Å². The van der Waals surface area contributed by atoms with E-state index in [1.54, 1.807) is 50.3 Å². The van der Waals surface area contributed by atoms with Crippen molar-refractivity contribution in [3.8, 4) is 11.5 Å². The van der Waals surface area contributed by atoms with Crippen LogP contribution in [-0.2, 0) is 19.1 Å². The van der Waals surface area contributed by atoms with Gasteiger partial charge in [0.1, 0.15) is 17.5 Å². The molecule has 2 heterocycles. The van der Waals surface area contributed by atoms with E-state index in [2.05, 4.69) is 4.99 Å². The molecule has 1 aromatic heterocycles. The van der Waals surface area contributed by atoms with Gasteiger partial charge in [0.25, 0.3) is 5.56 Å². The predicted molar refractivity (Wildman–Crippen MR) is 141 cm³/mol. The number of fused-ring (bicyclic) bond motifs is 1. The lowest BCUT2D eigenvalue weighted by Gasteiger charge is -2.25. The number of aromatic nitrogens is 1. The Morgan fingerprint density at radius 3 is 2.47 bits per heavy atom. The molecule has 0 unspecified atom stereocenters. The van der Waals surface area contributed by atoms with Gasteiger partial charge in [-0.3, -0.25) is 19.0 Å². The van der Waals surface area contributed by atoms with Crippen molar-refractivity contribution in [2.75, 3.05) is 6.61 Å². The summed E-state index contributed by atoms with van der Waals surface area (Å²) < 4.78 is 17.4. The second-order valence-electron chi connectivity index (χ2n) is 8.21. The third-order valence-electron chi connectivity index (χ3n) is 5.50. The van der Waals surface area contributed by atoms with E-state index in [1.807, 2.05) is 0 Å². The summed E-state index contributed by atoms with van der Waals surface area (Å²) in [5.41, 5.74) is 1.14. The van der Waals surface area contributed by atoms with Crippen LogP contribution in [0.25, 0.3) is 6.08 Å². The molecule has 0 fully saturated rings. The SMILES string of the molecule is CCOC(=O)C1=C(C)N=c2s/c(=C\c3ccc(OC(C)=O)cc3OC(C)=O)c(=O)n2[C@@H]1c1ccccc1Cl. The highest BCUT2D eigenvalue weighted by atomic mass is 35.5. The third-order valence-corrected chi connectivity index (χ3v) is 6.83. The van der Waals surface area contributed by atoms with Gasteiger partial charge in [0.2, 0.25) is 0 Å². The van der Waals surface area contributed by atoms with Gasteiger partial charge in [-0.15, -0.1) is 0 Å². The lowest BCUT2D eigenvalue weighted by molar-refractivity contribution is -0.139. The zero-order valence-corrected chi connectivity index (χ0v) is 22.5. The van der Waals surface area contributed by atoms with E-state index in [0.717, 1.165) is 11.3 Å². The minimum absolute atomic E-state index is 0.105. The smallest absolute Gasteiger partial charge is 0.338 e. The van der Waals surface area contributed by atoms with E-state index < -0.39 is 29.5 Å². The van der Waals surface area contributed by atoms with Crippen LogP contribution in [0.1, 0.15) is 44.9 Å². The van der Waals surface area contributed by atoms with Gasteiger partial charge in [-0.05, 0) is 43.7 Å². The van der Waals surface area contributed by atoms with Gasteiger partial charge in [-0.2, -0.15) is 0 Å². The van der Waals surface area contributed by atoms with Crippen LogP contribution < -0.4 is 24.4 Å². The van der Waals surface area contributed by atoms with Gasteiger partial charge in [-0.1, -0.05) is 41.1 Å². The largest absolute Gasteiger partial charge is 0.463 e. The van der Waals surface area contributed by atoms with Crippen molar-refractivity contribution in [2.24, 2.45) is 4.99 Å². The first-order valence-electron chi connectivity index (χ1n) is 11.6. The molecular formula is C27H23ClN2O7S. The second-order valence-corrected chi connectivity index (χ2v) is 9.63. The molecule has 0 saturated carbocycles. The number of carbonyl (C=O) groups excluding carboxylic acids is 3. The van der Waals surface area contributed by atoms with Crippen molar-refractivity contribution in [1.29, 1.82) is 0 Å². The topological polar surface area (TPSA) is 113 Å². The first kappa shape index (κ1) is 27.0. The number of carbonyl (C=O) groups is 3. The van der Waals surface area contributed by atoms with Crippen molar-refractivity contribution < 1.29 is 28.6 Å². The summed E-state index contributed by atoms with van der Waals surface area (Å²) in [5.74, 6) is -1.43. The van der Waals surface area contributed by atoms with Crippen molar-refractivity contribution in [3.05, 3.63) is 89.6 Å². The molecule has 38 heavy (non-hydrogen) atoms. The normalized spacial score (nSPS) is 15.0. The van der Waals surface area contributed by atoms with E-state index in [1.165, 1.54) is 30.5 Å². The highest BCUT2D eigenvalue weighted by Gasteiger charge is 2.34. The number of nitrogens with zero attached hydrogens (tertiary/aromatic N) is 2. The number of thiazole rings is 1. The summed E-state index contributed by atoms with van der Waals surface area (Å²) >= 11 is 7.63. The average molecular weight is 555 g/mol. The minimum atomic E-state index is -0.861. The number of rotatable bonds is 6. The zero-order valence-electron chi connectivity index (χ0n) is 20.9. The molecule has 0 radical (unpaired) electrons. The van der Waals surface area contributed by atoms with Gasteiger partial charge < -0.3 is 14.2 Å². The summed E-state index contributed by atoms with van der Waals surface area (Å²) in [6.07, 6.45) is 1.55. The lowest BCUT2D eigenvalue weighted by Crippen LogP contribution is -2.40. The average Bonchev–Trinajstić information content (AvgIpc) is 3.14. The number of ether oxygens (including phenoxy) is 3. The molecule has 0 spiro atoms. The van der Waals surface area contributed by atoms with Crippen molar-refractivity contribution in [3.63, 3.8) is 0 Å². The maximum atomic E-state index is 13.8. The van der Waals surface area contributed by atoms with E-state index in [9.17, 15) is 19.2 Å². The van der Waals surface area contributed by atoms with Crippen LogP contribution in [0, 0.1) is 0 Å². The Morgan fingerprint density at radius 2 is 1.82 bits per heavy atom. The van der Waals surface area contributed by atoms with E-state index >= 15 is 0 Å². The molecule has 0 N–H and O–H groups in total. The lowest BCUT2D eigenvalue weighted by atomic mass is 9.96. The summed E-state index contributed by atoms with van der Waals surface area (Å²) in [5, 5.41) is 0.377. The minimum Gasteiger partial charge on any atom is -0.463 e. The van der Waals surface area contributed by atoms with E-state index in [-0.39, 0.29) is 28.2 Å². The highest BCUT2D eigenvalue weighted by molar-refractivity contribution is 7.07. The molecule has 196 valence electrons. The maximum absolute atomic E-state index is 13.8. The molecule has 1 atom stereocenters. The van der Waals surface area contributed by atoms with Crippen molar-refractivity contribution >= 4 is 46.9 Å². The molecule has 0 amide bonds. The number of halogens is 1. The maximum Gasteiger partial charge on any atom is 0.338 e. The standard InChI is InChI=1S/C27H23ClN2O7S/c1-5-35-26(34)23-14(2)29-27-30(24(23)19-8-6-7-9-20(19)28)25(33)22(38-27)12-17-10-11-18(36-15(3)31)13-21(17)37-16(4)32/h6-13,24H,5H2,1-4H3/b22-12-/t24-/m1/s1. The van der Waals surface area contributed by atoms with Gasteiger partial charge >= 0.3 is 17.9 Å². The molecular weight excluding hydrogens is 532 g/mol. The van der Waals surface area contributed by atoms with Crippen LogP contribution in [0.4, 0.5) is 0 Å². The molecule has 0 bridgehead atoms. The van der Waals surface area contributed by atoms with Crippen molar-refractivity contribution in [1.82, 2.24) is 4.57 Å². The van der Waals surface area contributed by atoms with Crippen LogP contribution in [0.3, 0.4) is 0 Å². The Morgan fingerprint density at radius 1 is 1.11 bits per heavy atom. The molecule has 4 rings (SSSR count). The van der Waals surface area contributed by atoms with Gasteiger partial charge in [0.05, 0.1) is 22.4 Å². The number of benzene rings is 2. The fourth-order valence-electron chi connectivity index (χ4n) is 4.03. The van der Waals surface area contributed by atoms with Crippen LogP contribution >= 0.6 is 22.9 Å². The number of hydrogen-bond acceptors (Lipinski definition) is 9. The number of allylic oxidation sites excluding steroid dienone is 1. The Balaban J connectivity index is 1.94. The first-order chi connectivity index (χ1) is 18.1. The zero-order chi connectivity index (χ0) is 27.6. The van der Waals surface area contributed by atoms with E-state index in [4.69, 9.17) is 25.8 Å². The summed E-state index contributed by atoms with van der Waals surface area (Å²) in [7, 11) is 0. The molecule has 1 aliphatic heterocycles. The van der Waals surface area contributed by atoms with Gasteiger partial charge in [0.15, 0.2) is 4.80 Å². The Kier molecular flexibility index (Phi) is 7.94. The van der Waals surface area contributed by atoms with Crippen LogP contribution in [-0.4, -0.2) is 29.1 Å². The predicted octanol–water partition coefficient (Wildman–Crippen LogP) is 3.30. The quantitative estimate of drug-likeness (QED) is 0.339. The molecule has 0 saturated heterocycles. The van der Waals surface area contributed by atoms with Crippen LogP contribution in [0.15, 0.2) is 63.5 Å². The highest BCUT2D eigenvalue weighted by Crippen LogP contribution is 2.34. The Hall–Kier alpha value is -4.02. The van der Waals surface area contributed by atoms with Crippen molar-refractivity contribution in [2.45, 2.75) is 33.7 Å².